The van der Waals surface area contributed by atoms with Gasteiger partial charge in [-0.1, -0.05) is 19.1 Å². The summed E-state index contributed by atoms with van der Waals surface area (Å²) in [6.45, 7) is 4.82. The van der Waals surface area contributed by atoms with Crippen molar-refractivity contribution >= 4 is 21.7 Å². The lowest BCUT2D eigenvalue weighted by Crippen LogP contribution is -2.50. The number of carbonyl (C=O) groups excluding carboxylic acids is 2. The standard InChI is InChI=1S/C16H22N2O4S/c1-3-4-16(20)17-9-11-18(12-10-17)23(21,22)15-7-5-14(6-8-15)13(2)19/h5-8H,3-4,9-12H2,1-2H3. The van der Waals surface area contributed by atoms with Gasteiger partial charge in [-0.15, -0.1) is 0 Å². The summed E-state index contributed by atoms with van der Waals surface area (Å²) >= 11 is 0. The minimum Gasteiger partial charge on any atom is -0.340 e. The molecule has 6 nitrogen and oxygen atoms in total. The average Bonchev–Trinajstić information content (AvgIpc) is 2.55. The van der Waals surface area contributed by atoms with Crippen molar-refractivity contribution < 1.29 is 18.0 Å². The number of hydrogen-bond donors (Lipinski definition) is 0. The Morgan fingerprint density at radius 1 is 1.04 bits per heavy atom. The molecular weight excluding hydrogens is 316 g/mol. The first-order valence-corrected chi connectivity index (χ1v) is 9.19. The Balaban J connectivity index is 2.07. The van der Waals surface area contributed by atoms with Gasteiger partial charge < -0.3 is 4.90 Å². The molecule has 7 heteroatoms. The number of nitrogens with zero attached hydrogens (tertiary/aromatic N) is 2. The van der Waals surface area contributed by atoms with Crippen molar-refractivity contribution in [3.05, 3.63) is 29.8 Å². The molecule has 1 aromatic rings. The van der Waals surface area contributed by atoms with Crippen LogP contribution in [0.25, 0.3) is 0 Å². The maximum atomic E-state index is 12.6. The minimum absolute atomic E-state index is 0.0790. The van der Waals surface area contributed by atoms with Crippen LogP contribution in [0.2, 0.25) is 0 Å². The summed E-state index contributed by atoms with van der Waals surface area (Å²) in [5.74, 6) is -0.0210. The van der Waals surface area contributed by atoms with Gasteiger partial charge >= 0.3 is 0 Å². The van der Waals surface area contributed by atoms with Gasteiger partial charge in [0.1, 0.15) is 0 Å². The van der Waals surface area contributed by atoms with E-state index in [2.05, 4.69) is 0 Å². The van der Waals surface area contributed by atoms with Crippen LogP contribution in [-0.2, 0) is 14.8 Å². The van der Waals surface area contributed by atoms with Crippen LogP contribution in [0.4, 0.5) is 0 Å². The average molecular weight is 338 g/mol. The molecule has 1 aromatic carbocycles. The number of sulfonamides is 1. The van der Waals surface area contributed by atoms with Crippen molar-refractivity contribution in [3.63, 3.8) is 0 Å². The Bertz CT molecular complexity index is 675. The molecule has 0 bridgehead atoms. The van der Waals surface area contributed by atoms with E-state index < -0.39 is 10.0 Å². The number of benzene rings is 1. The summed E-state index contributed by atoms with van der Waals surface area (Å²) in [4.78, 5) is 25.0. The van der Waals surface area contributed by atoms with Crippen molar-refractivity contribution in [2.45, 2.75) is 31.6 Å². The van der Waals surface area contributed by atoms with Crippen LogP contribution in [0.15, 0.2) is 29.2 Å². The highest BCUT2D eigenvalue weighted by Gasteiger charge is 2.29. The molecule has 1 amide bonds. The highest BCUT2D eigenvalue weighted by molar-refractivity contribution is 7.89. The molecule has 0 radical (unpaired) electrons. The fourth-order valence-electron chi connectivity index (χ4n) is 2.56. The first-order valence-electron chi connectivity index (χ1n) is 7.75. The molecule has 0 saturated carbocycles. The van der Waals surface area contributed by atoms with Crippen molar-refractivity contribution in [2.24, 2.45) is 0 Å². The summed E-state index contributed by atoms with van der Waals surface area (Å²) in [6.07, 6.45) is 1.29. The van der Waals surface area contributed by atoms with Crippen molar-refractivity contribution in [2.75, 3.05) is 26.2 Å². The minimum atomic E-state index is -3.58. The Kier molecular flexibility index (Phi) is 5.54. The van der Waals surface area contributed by atoms with Crippen LogP contribution in [0.5, 0.6) is 0 Å². The smallest absolute Gasteiger partial charge is 0.243 e. The first-order chi connectivity index (χ1) is 10.9. The molecule has 0 N–H and O–H groups in total. The number of carbonyl (C=O) groups is 2. The summed E-state index contributed by atoms with van der Waals surface area (Å²) < 4.78 is 26.6. The number of ketones is 1. The zero-order valence-corrected chi connectivity index (χ0v) is 14.3. The molecule has 0 aliphatic carbocycles. The SMILES string of the molecule is CCCC(=O)N1CCN(S(=O)(=O)c2ccc(C(C)=O)cc2)CC1. The number of piperazine rings is 1. The van der Waals surface area contributed by atoms with Crippen LogP contribution >= 0.6 is 0 Å². The van der Waals surface area contributed by atoms with Gasteiger partial charge in [0.2, 0.25) is 15.9 Å². The summed E-state index contributed by atoms with van der Waals surface area (Å²) in [7, 11) is -3.58. The first kappa shape index (κ1) is 17.6. The normalized spacial score (nSPS) is 16.3. The van der Waals surface area contributed by atoms with Crippen LogP contribution in [0.3, 0.4) is 0 Å². The van der Waals surface area contributed by atoms with E-state index in [1.54, 1.807) is 4.90 Å². The van der Waals surface area contributed by atoms with E-state index in [1.807, 2.05) is 6.92 Å². The van der Waals surface area contributed by atoms with Gasteiger partial charge in [0.05, 0.1) is 4.90 Å². The molecule has 1 aliphatic rings. The Morgan fingerprint density at radius 3 is 2.09 bits per heavy atom. The van der Waals surface area contributed by atoms with E-state index in [0.29, 0.717) is 38.2 Å². The van der Waals surface area contributed by atoms with E-state index in [4.69, 9.17) is 0 Å². The quantitative estimate of drug-likeness (QED) is 0.763. The van der Waals surface area contributed by atoms with Crippen LogP contribution < -0.4 is 0 Å². The Morgan fingerprint density at radius 2 is 1.61 bits per heavy atom. The second-order valence-electron chi connectivity index (χ2n) is 5.62. The zero-order chi connectivity index (χ0) is 17.0. The second kappa shape index (κ2) is 7.23. The van der Waals surface area contributed by atoms with Gasteiger partial charge in [-0.05, 0) is 25.5 Å². The highest BCUT2D eigenvalue weighted by atomic mass is 32.2. The molecule has 0 unspecified atom stereocenters. The summed E-state index contributed by atoms with van der Waals surface area (Å²) in [6, 6.07) is 5.97. The lowest BCUT2D eigenvalue weighted by atomic mass is 10.2. The third kappa shape index (κ3) is 3.97. The van der Waals surface area contributed by atoms with Crippen LogP contribution in [0, 0.1) is 0 Å². The maximum absolute atomic E-state index is 12.6. The van der Waals surface area contributed by atoms with E-state index in [-0.39, 0.29) is 16.6 Å². The number of hydrogen-bond acceptors (Lipinski definition) is 4. The molecule has 0 aromatic heterocycles. The number of amides is 1. The van der Waals surface area contributed by atoms with Gasteiger partial charge in [-0.25, -0.2) is 8.42 Å². The van der Waals surface area contributed by atoms with Crippen molar-refractivity contribution in [1.29, 1.82) is 0 Å². The van der Waals surface area contributed by atoms with Gasteiger partial charge in [0.15, 0.2) is 5.78 Å². The second-order valence-corrected chi connectivity index (χ2v) is 7.55. The molecule has 1 heterocycles. The Hall–Kier alpha value is -1.73. The maximum Gasteiger partial charge on any atom is 0.243 e. The fourth-order valence-corrected chi connectivity index (χ4v) is 3.98. The van der Waals surface area contributed by atoms with Crippen molar-refractivity contribution in [1.82, 2.24) is 9.21 Å². The van der Waals surface area contributed by atoms with E-state index >= 15 is 0 Å². The third-order valence-electron chi connectivity index (χ3n) is 3.95. The van der Waals surface area contributed by atoms with Gasteiger partial charge in [-0.3, -0.25) is 9.59 Å². The molecular formula is C16H22N2O4S. The summed E-state index contributed by atoms with van der Waals surface area (Å²) in [5.41, 5.74) is 0.485. The Labute approximate surface area is 137 Å². The molecule has 1 saturated heterocycles. The lowest BCUT2D eigenvalue weighted by molar-refractivity contribution is -0.132. The molecule has 23 heavy (non-hydrogen) atoms. The third-order valence-corrected chi connectivity index (χ3v) is 5.87. The fraction of sp³-hybridized carbons (Fsp3) is 0.500. The van der Waals surface area contributed by atoms with Gasteiger partial charge in [-0.2, -0.15) is 4.31 Å². The highest BCUT2D eigenvalue weighted by Crippen LogP contribution is 2.19. The number of Topliss-reactive ketones (excluding diaryl/α,β-unsaturated/α-hetero) is 1. The van der Waals surface area contributed by atoms with Crippen LogP contribution in [-0.4, -0.2) is 55.5 Å². The predicted octanol–water partition coefficient (Wildman–Crippen LogP) is 1.52. The van der Waals surface area contributed by atoms with E-state index in [0.717, 1.165) is 6.42 Å². The molecule has 126 valence electrons. The van der Waals surface area contributed by atoms with Crippen LogP contribution in [0.1, 0.15) is 37.0 Å². The lowest BCUT2D eigenvalue weighted by Gasteiger charge is -2.34. The van der Waals surface area contributed by atoms with Gasteiger partial charge in [0.25, 0.3) is 0 Å². The number of rotatable bonds is 5. The molecule has 0 atom stereocenters. The zero-order valence-electron chi connectivity index (χ0n) is 13.5. The molecule has 1 aliphatic heterocycles. The summed E-state index contributed by atoms with van der Waals surface area (Å²) in [5, 5.41) is 0. The van der Waals surface area contributed by atoms with Crippen molar-refractivity contribution in [3.8, 4) is 0 Å². The van der Waals surface area contributed by atoms with E-state index in [9.17, 15) is 18.0 Å². The largest absolute Gasteiger partial charge is 0.340 e. The predicted molar refractivity (Wildman–Crippen MR) is 86.7 cm³/mol. The molecule has 0 spiro atoms. The molecule has 2 rings (SSSR count). The topological polar surface area (TPSA) is 74.8 Å². The van der Waals surface area contributed by atoms with Gasteiger partial charge in [0, 0.05) is 38.2 Å². The van der Waals surface area contributed by atoms with E-state index in [1.165, 1.54) is 35.5 Å². The monoisotopic (exact) mass is 338 g/mol. The molecule has 1 fully saturated rings.